The van der Waals surface area contributed by atoms with Gasteiger partial charge in [-0.3, -0.25) is 29.8 Å². The average Bonchev–Trinajstić information content (AvgIpc) is 3.49. The molecule has 0 bridgehead atoms. The minimum atomic E-state index is -0.326. The summed E-state index contributed by atoms with van der Waals surface area (Å²) in [7, 11) is 0. The third kappa shape index (κ3) is 9.98. The monoisotopic (exact) mass is 640 g/mol. The van der Waals surface area contributed by atoms with Gasteiger partial charge < -0.3 is 9.47 Å². The van der Waals surface area contributed by atoms with Crippen LogP contribution >= 0.6 is 33.4 Å². The summed E-state index contributed by atoms with van der Waals surface area (Å²) in [5.41, 5.74) is 1.77. The Labute approximate surface area is 263 Å². The standard InChI is InChI=1S/2C16H17NO3S.H3P/c2*18-15-14(21-16(19)17-15)10-11-6-8-13(9-7-11)20-12-4-2-1-3-5-12;/h2*6-10,12H,1-5H2,(H,17,18,19);1H3. The maximum absolute atomic E-state index is 11.5. The van der Waals surface area contributed by atoms with Gasteiger partial charge in [0.05, 0.1) is 22.0 Å². The van der Waals surface area contributed by atoms with E-state index in [-0.39, 0.29) is 32.2 Å². The van der Waals surface area contributed by atoms with Gasteiger partial charge in [0.15, 0.2) is 0 Å². The van der Waals surface area contributed by atoms with Crippen LogP contribution in [0.1, 0.15) is 75.3 Å². The molecule has 43 heavy (non-hydrogen) atoms. The molecule has 2 aliphatic carbocycles. The first-order chi connectivity index (χ1) is 20.4. The highest BCUT2D eigenvalue weighted by molar-refractivity contribution is 8.18. The summed E-state index contributed by atoms with van der Waals surface area (Å²) in [6.07, 6.45) is 16.2. The molecule has 4 fully saturated rings. The molecule has 8 nitrogen and oxygen atoms in total. The SMILES string of the molecule is O=C1NC(=O)C(=Cc2ccc(OC3CCCCC3)cc2)S1.O=C1NC(=O)C(=Cc2ccc(OC3CCCCC3)cc2)S1.P. The Balaban J connectivity index is 0.000000192. The summed E-state index contributed by atoms with van der Waals surface area (Å²) in [5.74, 6) is 1.08. The molecule has 228 valence electrons. The van der Waals surface area contributed by atoms with Gasteiger partial charge in [0.25, 0.3) is 22.3 Å². The minimum absolute atomic E-state index is 0. The molecule has 1 unspecified atom stereocenters. The number of benzene rings is 2. The number of hydrogen-bond acceptors (Lipinski definition) is 8. The molecule has 0 radical (unpaired) electrons. The number of nitrogens with one attached hydrogen (secondary N) is 2. The Morgan fingerprint density at radius 2 is 0.907 bits per heavy atom. The molecular formula is C32H37N2O6PS2. The summed E-state index contributed by atoms with van der Waals surface area (Å²) < 4.78 is 11.9. The number of hydrogen-bond donors (Lipinski definition) is 2. The van der Waals surface area contributed by atoms with E-state index in [1.807, 2.05) is 48.5 Å². The first-order valence-corrected chi connectivity index (χ1v) is 16.1. The molecule has 2 heterocycles. The number of rotatable bonds is 6. The van der Waals surface area contributed by atoms with Crippen molar-refractivity contribution < 1.29 is 28.7 Å². The number of ether oxygens (including phenoxy) is 2. The summed E-state index contributed by atoms with van der Waals surface area (Å²) in [4.78, 5) is 46.0. The fourth-order valence-corrected chi connectivity index (χ4v) is 6.55. The molecule has 2 aliphatic heterocycles. The second kappa shape index (κ2) is 16.1. The predicted octanol–water partition coefficient (Wildman–Crippen LogP) is 7.50. The number of imide groups is 2. The molecule has 2 N–H and O–H groups in total. The summed E-state index contributed by atoms with van der Waals surface area (Å²) in [5, 5.41) is 3.86. The van der Waals surface area contributed by atoms with Gasteiger partial charge in [0.2, 0.25) is 0 Å². The third-order valence-electron chi connectivity index (χ3n) is 7.35. The van der Waals surface area contributed by atoms with Crippen molar-refractivity contribution >= 4 is 67.9 Å². The summed E-state index contributed by atoms with van der Waals surface area (Å²) in [6.45, 7) is 0. The zero-order valence-electron chi connectivity index (χ0n) is 24.0. The van der Waals surface area contributed by atoms with Gasteiger partial charge in [-0.25, -0.2) is 0 Å². The second-order valence-electron chi connectivity index (χ2n) is 10.6. The van der Waals surface area contributed by atoms with E-state index in [4.69, 9.17) is 9.47 Å². The van der Waals surface area contributed by atoms with Gasteiger partial charge in [-0.2, -0.15) is 9.90 Å². The predicted molar refractivity (Wildman–Crippen MR) is 177 cm³/mol. The molecule has 4 aliphatic rings. The van der Waals surface area contributed by atoms with E-state index in [1.54, 1.807) is 12.2 Å². The van der Waals surface area contributed by atoms with E-state index in [1.165, 1.54) is 38.5 Å². The fraction of sp³-hybridized carbons (Fsp3) is 0.375. The van der Waals surface area contributed by atoms with E-state index in [0.29, 0.717) is 22.0 Å². The first kappa shape index (κ1) is 32.8. The molecule has 2 saturated heterocycles. The Bertz CT molecular complexity index is 1260. The second-order valence-corrected chi connectivity index (χ2v) is 12.6. The van der Waals surface area contributed by atoms with Crippen molar-refractivity contribution in [3.63, 3.8) is 0 Å². The highest BCUT2D eigenvalue weighted by Gasteiger charge is 2.26. The van der Waals surface area contributed by atoms with E-state index >= 15 is 0 Å². The average molecular weight is 641 g/mol. The largest absolute Gasteiger partial charge is 0.490 e. The molecule has 2 saturated carbocycles. The van der Waals surface area contributed by atoms with E-state index in [9.17, 15) is 19.2 Å². The normalized spacial score (nSPS) is 21.1. The van der Waals surface area contributed by atoms with E-state index in [2.05, 4.69) is 10.6 Å². The molecule has 2 aromatic carbocycles. The molecule has 0 aromatic heterocycles. The lowest BCUT2D eigenvalue weighted by atomic mass is 9.98. The van der Waals surface area contributed by atoms with Gasteiger partial charge in [-0.05, 0) is 122 Å². The number of carbonyl (C=O) groups excluding carboxylic acids is 4. The minimum Gasteiger partial charge on any atom is -0.490 e. The molecule has 4 amide bonds. The third-order valence-corrected chi connectivity index (χ3v) is 8.97. The van der Waals surface area contributed by atoms with Gasteiger partial charge in [0.1, 0.15) is 11.5 Å². The maximum atomic E-state index is 11.5. The Morgan fingerprint density at radius 1 is 0.558 bits per heavy atom. The van der Waals surface area contributed by atoms with Crippen molar-refractivity contribution in [2.75, 3.05) is 0 Å². The molecule has 0 spiro atoms. The highest BCUT2D eigenvalue weighted by Crippen LogP contribution is 2.29. The highest BCUT2D eigenvalue weighted by atomic mass is 32.2. The van der Waals surface area contributed by atoms with E-state index < -0.39 is 0 Å². The van der Waals surface area contributed by atoms with Crippen LogP contribution in [0.2, 0.25) is 0 Å². The van der Waals surface area contributed by atoms with Crippen molar-refractivity contribution in [3.05, 3.63) is 69.5 Å². The van der Waals surface area contributed by atoms with Crippen LogP contribution < -0.4 is 20.1 Å². The van der Waals surface area contributed by atoms with Crippen LogP contribution in [0.4, 0.5) is 9.59 Å². The molecule has 11 heteroatoms. The first-order valence-electron chi connectivity index (χ1n) is 14.4. The van der Waals surface area contributed by atoms with Gasteiger partial charge in [-0.1, -0.05) is 37.1 Å². The Morgan fingerprint density at radius 3 is 1.21 bits per heavy atom. The van der Waals surface area contributed by atoms with Crippen LogP contribution in [0.15, 0.2) is 58.3 Å². The topological polar surface area (TPSA) is 111 Å². The maximum Gasteiger partial charge on any atom is 0.290 e. The van der Waals surface area contributed by atoms with Crippen molar-refractivity contribution in [1.82, 2.24) is 10.6 Å². The van der Waals surface area contributed by atoms with E-state index in [0.717, 1.165) is 71.8 Å². The molecule has 6 rings (SSSR count). The number of thioether (sulfide) groups is 2. The lowest BCUT2D eigenvalue weighted by molar-refractivity contribution is -0.116. The Hall–Kier alpha value is -3.07. The number of amides is 4. The lowest BCUT2D eigenvalue weighted by Gasteiger charge is -2.22. The van der Waals surface area contributed by atoms with Crippen molar-refractivity contribution in [2.24, 2.45) is 0 Å². The van der Waals surface area contributed by atoms with Crippen LogP contribution in [0.3, 0.4) is 0 Å². The van der Waals surface area contributed by atoms with Crippen LogP contribution in [0.25, 0.3) is 12.2 Å². The van der Waals surface area contributed by atoms with Gasteiger partial charge in [-0.15, -0.1) is 0 Å². The zero-order chi connectivity index (χ0) is 29.3. The van der Waals surface area contributed by atoms with Crippen LogP contribution in [-0.4, -0.2) is 34.5 Å². The fourth-order valence-electron chi connectivity index (χ4n) is 5.18. The molecular weight excluding hydrogens is 603 g/mol. The summed E-state index contributed by atoms with van der Waals surface area (Å²) in [6, 6.07) is 15.3. The van der Waals surface area contributed by atoms with Crippen LogP contribution in [0.5, 0.6) is 11.5 Å². The zero-order valence-corrected chi connectivity index (χ0v) is 27.0. The van der Waals surface area contributed by atoms with Crippen molar-refractivity contribution in [1.29, 1.82) is 0 Å². The quantitative estimate of drug-likeness (QED) is 0.247. The molecule has 1 atom stereocenters. The van der Waals surface area contributed by atoms with Crippen molar-refractivity contribution in [2.45, 2.75) is 76.4 Å². The summed E-state index contributed by atoms with van der Waals surface area (Å²) >= 11 is 1.86. The Kier molecular flexibility index (Phi) is 12.3. The van der Waals surface area contributed by atoms with Crippen molar-refractivity contribution in [3.8, 4) is 11.5 Å². The lowest BCUT2D eigenvalue weighted by Crippen LogP contribution is -2.19. The van der Waals surface area contributed by atoms with Crippen LogP contribution in [-0.2, 0) is 9.59 Å². The number of carbonyl (C=O) groups is 4. The molecule has 2 aromatic rings. The van der Waals surface area contributed by atoms with Gasteiger partial charge in [0, 0.05) is 0 Å². The van der Waals surface area contributed by atoms with Gasteiger partial charge >= 0.3 is 0 Å². The smallest absolute Gasteiger partial charge is 0.290 e. The van der Waals surface area contributed by atoms with Crippen LogP contribution in [0, 0.1) is 0 Å².